The summed E-state index contributed by atoms with van der Waals surface area (Å²) in [5.74, 6) is -0.0982. The van der Waals surface area contributed by atoms with Crippen molar-refractivity contribution in [2.24, 2.45) is 0 Å². The van der Waals surface area contributed by atoms with Crippen molar-refractivity contribution in [2.45, 2.75) is 32.1 Å². The van der Waals surface area contributed by atoms with Crippen LogP contribution in [0.5, 0.6) is 0 Å². The van der Waals surface area contributed by atoms with Crippen molar-refractivity contribution in [3.63, 3.8) is 0 Å². The Morgan fingerprint density at radius 3 is 2.32 bits per heavy atom. The van der Waals surface area contributed by atoms with E-state index in [9.17, 15) is 13.2 Å². The number of carbonyl (C=O) groups excluding carboxylic acids is 1. The summed E-state index contributed by atoms with van der Waals surface area (Å²) in [5, 5.41) is 5.43. The minimum Gasteiger partial charge on any atom is -0.333 e. The first kappa shape index (κ1) is 15.5. The summed E-state index contributed by atoms with van der Waals surface area (Å²) in [5.41, 5.74) is 0.735. The van der Waals surface area contributed by atoms with Gasteiger partial charge < -0.3 is 10.6 Å². The Balaban J connectivity index is 2.87. The molecule has 1 rings (SSSR count). The van der Waals surface area contributed by atoms with Gasteiger partial charge in [-0.25, -0.2) is 13.2 Å². The zero-order chi connectivity index (χ0) is 14.7. The summed E-state index contributed by atoms with van der Waals surface area (Å²) in [6.45, 7) is 5.61. The number of sulfone groups is 1. The molecule has 0 heterocycles. The van der Waals surface area contributed by atoms with E-state index in [0.29, 0.717) is 11.3 Å². The molecule has 2 amide bonds. The first-order valence-corrected chi connectivity index (χ1v) is 7.98. The monoisotopic (exact) mass is 284 g/mol. The largest absolute Gasteiger partial charge is 0.333 e. The fraction of sp³-hybridized carbons (Fsp3) is 0.462. The predicted molar refractivity (Wildman–Crippen MR) is 76.9 cm³/mol. The van der Waals surface area contributed by atoms with E-state index < -0.39 is 9.84 Å². The van der Waals surface area contributed by atoms with E-state index >= 15 is 0 Å². The Morgan fingerprint density at radius 2 is 1.79 bits per heavy atom. The molecule has 0 aliphatic rings. The van der Waals surface area contributed by atoms with Gasteiger partial charge in [0, 0.05) is 17.5 Å². The summed E-state index contributed by atoms with van der Waals surface area (Å²) in [4.78, 5) is 11.8. The van der Waals surface area contributed by atoms with Crippen molar-refractivity contribution in [3.8, 4) is 0 Å². The highest BCUT2D eigenvalue weighted by Gasteiger charge is 2.15. The molecule has 0 spiro atoms. The predicted octanol–water partition coefficient (Wildman–Crippen LogP) is 2.15. The van der Waals surface area contributed by atoms with E-state index in [2.05, 4.69) is 10.6 Å². The van der Waals surface area contributed by atoms with Crippen LogP contribution in [0.15, 0.2) is 24.3 Å². The lowest BCUT2D eigenvalue weighted by Gasteiger charge is -2.21. The van der Waals surface area contributed by atoms with Crippen LogP contribution in [-0.4, -0.2) is 26.2 Å². The Morgan fingerprint density at radius 1 is 1.21 bits per heavy atom. The van der Waals surface area contributed by atoms with Crippen LogP contribution in [0.3, 0.4) is 0 Å². The maximum atomic E-state index is 11.8. The fourth-order valence-corrected chi connectivity index (χ4v) is 2.36. The average Bonchev–Trinajstić information content (AvgIpc) is 2.15. The Hall–Kier alpha value is -1.56. The molecule has 0 atom stereocenters. The van der Waals surface area contributed by atoms with Gasteiger partial charge in [-0.1, -0.05) is 18.2 Å². The van der Waals surface area contributed by atoms with Crippen molar-refractivity contribution in [1.82, 2.24) is 5.32 Å². The molecule has 0 saturated heterocycles. The maximum absolute atomic E-state index is 11.8. The number of carbonyl (C=O) groups is 1. The molecular formula is C13H20N2O3S. The van der Waals surface area contributed by atoms with Gasteiger partial charge in [0.2, 0.25) is 0 Å². The number of para-hydroxylation sites is 1. The van der Waals surface area contributed by atoms with E-state index in [1.54, 1.807) is 24.3 Å². The molecule has 0 aliphatic carbocycles. The molecule has 2 N–H and O–H groups in total. The normalized spacial score (nSPS) is 12.0. The van der Waals surface area contributed by atoms with Gasteiger partial charge in [0.1, 0.15) is 0 Å². The summed E-state index contributed by atoms with van der Waals surface area (Å²) >= 11 is 0. The Labute approximate surface area is 114 Å². The smallest absolute Gasteiger partial charge is 0.319 e. The molecule has 1 aromatic rings. The Kier molecular flexibility index (Phi) is 4.57. The van der Waals surface area contributed by atoms with Crippen LogP contribution in [0, 0.1) is 0 Å². The molecule has 6 heteroatoms. The molecule has 0 aliphatic heterocycles. The van der Waals surface area contributed by atoms with Crippen LogP contribution < -0.4 is 10.6 Å². The lowest BCUT2D eigenvalue weighted by atomic mass is 10.1. The highest BCUT2D eigenvalue weighted by molar-refractivity contribution is 7.89. The van der Waals surface area contributed by atoms with Crippen molar-refractivity contribution in [1.29, 1.82) is 0 Å². The van der Waals surface area contributed by atoms with E-state index in [-0.39, 0.29) is 17.3 Å². The first-order chi connectivity index (χ1) is 8.57. The fourth-order valence-electron chi connectivity index (χ4n) is 1.54. The van der Waals surface area contributed by atoms with Crippen molar-refractivity contribution >= 4 is 21.6 Å². The number of hydrogen-bond donors (Lipinski definition) is 2. The summed E-state index contributed by atoms with van der Waals surface area (Å²) in [6, 6.07) is 6.51. The second-order valence-electron chi connectivity index (χ2n) is 5.56. The quantitative estimate of drug-likeness (QED) is 0.893. The van der Waals surface area contributed by atoms with Crippen LogP contribution in [0.4, 0.5) is 10.5 Å². The van der Waals surface area contributed by atoms with Crippen LogP contribution in [0.1, 0.15) is 26.3 Å². The third-order valence-electron chi connectivity index (χ3n) is 2.17. The topological polar surface area (TPSA) is 75.3 Å². The summed E-state index contributed by atoms with van der Waals surface area (Å²) < 4.78 is 22.7. The molecule has 0 saturated carbocycles. The SMILES string of the molecule is CC(C)(C)NC(=O)Nc1ccccc1CS(C)(=O)=O. The van der Waals surface area contributed by atoms with E-state index in [4.69, 9.17) is 0 Å². The third-order valence-corrected chi connectivity index (χ3v) is 3.01. The van der Waals surface area contributed by atoms with Crippen LogP contribution in [0.25, 0.3) is 0 Å². The van der Waals surface area contributed by atoms with E-state index in [1.165, 1.54) is 6.26 Å². The first-order valence-electron chi connectivity index (χ1n) is 5.92. The molecule has 0 bridgehead atoms. The molecule has 19 heavy (non-hydrogen) atoms. The van der Waals surface area contributed by atoms with Gasteiger partial charge in [-0.3, -0.25) is 0 Å². The van der Waals surface area contributed by atoms with E-state index in [0.717, 1.165) is 0 Å². The number of urea groups is 1. The number of anilines is 1. The van der Waals surface area contributed by atoms with Gasteiger partial charge in [-0.15, -0.1) is 0 Å². The van der Waals surface area contributed by atoms with Crippen LogP contribution in [0.2, 0.25) is 0 Å². The molecule has 1 aromatic carbocycles. The molecule has 106 valence electrons. The van der Waals surface area contributed by atoms with E-state index in [1.807, 2.05) is 20.8 Å². The summed E-state index contributed by atoms with van der Waals surface area (Å²) in [7, 11) is -3.14. The van der Waals surface area contributed by atoms with Gasteiger partial charge in [-0.2, -0.15) is 0 Å². The van der Waals surface area contributed by atoms with Gasteiger partial charge in [0.25, 0.3) is 0 Å². The lowest BCUT2D eigenvalue weighted by molar-refractivity contribution is 0.244. The van der Waals surface area contributed by atoms with Gasteiger partial charge in [0.15, 0.2) is 9.84 Å². The minimum absolute atomic E-state index is 0.0982. The number of nitrogens with one attached hydrogen (secondary N) is 2. The number of amides is 2. The standard InChI is InChI=1S/C13H20N2O3S/c1-13(2,3)15-12(16)14-11-8-6-5-7-10(11)9-19(4,17)18/h5-8H,9H2,1-4H3,(H2,14,15,16). The minimum atomic E-state index is -3.14. The number of rotatable bonds is 3. The zero-order valence-electron chi connectivity index (χ0n) is 11.6. The van der Waals surface area contributed by atoms with Gasteiger partial charge >= 0.3 is 6.03 Å². The van der Waals surface area contributed by atoms with Gasteiger partial charge in [-0.05, 0) is 32.4 Å². The highest BCUT2D eigenvalue weighted by Crippen LogP contribution is 2.17. The molecule has 0 fully saturated rings. The van der Waals surface area contributed by atoms with Crippen LogP contribution >= 0.6 is 0 Å². The lowest BCUT2D eigenvalue weighted by Crippen LogP contribution is -2.43. The zero-order valence-corrected chi connectivity index (χ0v) is 12.5. The second kappa shape index (κ2) is 5.61. The average molecular weight is 284 g/mol. The number of hydrogen-bond acceptors (Lipinski definition) is 3. The molecular weight excluding hydrogens is 264 g/mol. The molecule has 0 unspecified atom stereocenters. The molecule has 5 nitrogen and oxygen atoms in total. The van der Waals surface area contributed by atoms with Crippen molar-refractivity contribution in [2.75, 3.05) is 11.6 Å². The highest BCUT2D eigenvalue weighted by atomic mass is 32.2. The number of benzene rings is 1. The molecule has 0 radical (unpaired) electrons. The van der Waals surface area contributed by atoms with Crippen LogP contribution in [-0.2, 0) is 15.6 Å². The maximum Gasteiger partial charge on any atom is 0.319 e. The Bertz CT molecular complexity index is 559. The van der Waals surface area contributed by atoms with Crippen molar-refractivity contribution < 1.29 is 13.2 Å². The van der Waals surface area contributed by atoms with Crippen molar-refractivity contribution in [3.05, 3.63) is 29.8 Å². The second-order valence-corrected chi connectivity index (χ2v) is 7.70. The summed E-state index contributed by atoms with van der Waals surface area (Å²) in [6.07, 6.45) is 1.17. The van der Waals surface area contributed by atoms with Gasteiger partial charge in [0.05, 0.1) is 5.75 Å². The molecule has 0 aromatic heterocycles. The third kappa shape index (κ3) is 6.24.